The van der Waals surface area contributed by atoms with Gasteiger partial charge in [-0.05, 0) is 51.4 Å². The molecule has 2 heterocycles. The number of hydrogen-bond acceptors (Lipinski definition) is 4. The lowest BCUT2D eigenvalue weighted by molar-refractivity contribution is 0.361. The summed E-state index contributed by atoms with van der Waals surface area (Å²) in [4.78, 5) is 11.9. The Morgan fingerprint density at radius 3 is 2.83 bits per heavy atom. The van der Waals surface area contributed by atoms with Gasteiger partial charge in [0.1, 0.15) is 0 Å². The Bertz CT molecular complexity index is 861. The van der Waals surface area contributed by atoms with Crippen LogP contribution in [0.3, 0.4) is 0 Å². The first kappa shape index (κ1) is 16.5. The number of oxazole rings is 1. The molecular weight excluding hydrogens is 304 g/mol. The number of para-hydroxylation sites is 2. The molecule has 0 saturated carbocycles. The molecule has 128 valence electrons. The minimum absolute atomic E-state index is 0.274. The number of hydrogen-bond donors (Lipinski definition) is 1. The summed E-state index contributed by atoms with van der Waals surface area (Å²) in [5, 5.41) is 7.88. The highest BCUT2D eigenvalue weighted by Gasteiger charge is 2.14. The Morgan fingerprint density at radius 2 is 2.08 bits per heavy atom. The van der Waals surface area contributed by atoms with E-state index in [1.165, 1.54) is 5.56 Å². The average Bonchev–Trinajstić information content (AvgIpc) is 3.14. The number of fused-ring (bicyclic) bond motifs is 1. The Kier molecular flexibility index (Phi) is 4.85. The van der Waals surface area contributed by atoms with Gasteiger partial charge >= 0.3 is 5.76 Å². The van der Waals surface area contributed by atoms with Gasteiger partial charge in [-0.3, -0.25) is 9.25 Å². The van der Waals surface area contributed by atoms with Crippen molar-refractivity contribution >= 4 is 11.1 Å². The van der Waals surface area contributed by atoms with Crippen molar-refractivity contribution < 1.29 is 4.42 Å². The van der Waals surface area contributed by atoms with E-state index in [-0.39, 0.29) is 11.8 Å². The quantitative estimate of drug-likeness (QED) is 0.677. The first-order valence-electron chi connectivity index (χ1n) is 8.39. The van der Waals surface area contributed by atoms with Gasteiger partial charge in [0.25, 0.3) is 0 Å². The molecule has 2 atom stereocenters. The molecule has 0 amide bonds. The van der Waals surface area contributed by atoms with Crippen LogP contribution in [0.25, 0.3) is 11.1 Å². The molecule has 0 unspecified atom stereocenters. The van der Waals surface area contributed by atoms with E-state index in [1.54, 1.807) is 4.57 Å². The minimum atomic E-state index is -0.287. The summed E-state index contributed by atoms with van der Waals surface area (Å²) in [7, 11) is 0. The van der Waals surface area contributed by atoms with Gasteiger partial charge in [0.2, 0.25) is 0 Å². The van der Waals surface area contributed by atoms with E-state index in [9.17, 15) is 4.79 Å². The van der Waals surface area contributed by atoms with Crippen molar-refractivity contribution in [1.29, 1.82) is 0 Å². The summed E-state index contributed by atoms with van der Waals surface area (Å²) in [6, 6.07) is 8.09. The molecule has 2 aromatic heterocycles. The zero-order chi connectivity index (χ0) is 17.1. The normalized spacial score (nSPS) is 14.1. The molecule has 0 saturated heterocycles. The number of nitrogens with zero attached hydrogens (tertiary/aromatic N) is 3. The third-order valence-corrected chi connectivity index (χ3v) is 4.47. The fourth-order valence-corrected chi connectivity index (χ4v) is 2.85. The zero-order valence-electron chi connectivity index (χ0n) is 14.4. The molecule has 3 rings (SSSR count). The van der Waals surface area contributed by atoms with Crippen molar-refractivity contribution in [1.82, 2.24) is 19.7 Å². The van der Waals surface area contributed by atoms with Gasteiger partial charge in [-0.25, -0.2) is 4.79 Å². The number of aromatic nitrogens is 3. The maximum atomic E-state index is 11.9. The van der Waals surface area contributed by atoms with Crippen LogP contribution in [-0.2, 0) is 6.54 Å². The fourth-order valence-electron chi connectivity index (χ4n) is 2.85. The van der Waals surface area contributed by atoms with Crippen molar-refractivity contribution in [3.63, 3.8) is 0 Å². The van der Waals surface area contributed by atoms with Crippen LogP contribution in [0.4, 0.5) is 0 Å². The van der Waals surface area contributed by atoms with E-state index in [1.807, 2.05) is 42.1 Å². The maximum Gasteiger partial charge on any atom is 0.419 e. The second kappa shape index (κ2) is 7.05. The molecule has 0 aliphatic heterocycles. The third-order valence-electron chi connectivity index (χ3n) is 4.47. The molecule has 0 aliphatic rings. The predicted molar refractivity (Wildman–Crippen MR) is 94.2 cm³/mol. The van der Waals surface area contributed by atoms with Crippen molar-refractivity contribution in [2.75, 3.05) is 6.54 Å². The summed E-state index contributed by atoms with van der Waals surface area (Å²) in [5.41, 5.74) is 2.67. The Balaban J connectivity index is 1.53. The van der Waals surface area contributed by atoms with E-state index in [0.717, 1.165) is 18.5 Å². The fraction of sp³-hybridized carbons (Fsp3) is 0.444. The highest BCUT2D eigenvalue weighted by Crippen LogP contribution is 2.13. The van der Waals surface area contributed by atoms with Crippen molar-refractivity contribution in [2.24, 2.45) is 0 Å². The Hall–Kier alpha value is -2.34. The molecule has 6 nitrogen and oxygen atoms in total. The highest BCUT2D eigenvalue weighted by molar-refractivity contribution is 5.72. The molecular formula is C18H24N4O2. The smallest absolute Gasteiger partial charge is 0.408 e. The van der Waals surface area contributed by atoms with Gasteiger partial charge in [0.05, 0.1) is 17.8 Å². The van der Waals surface area contributed by atoms with Crippen LogP contribution in [0.15, 0.2) is 45.9 Å². The van der Waals surface area contributed by atoms with Crippen molar-refractivity contribution in [3.8, 4) is 0 Å². The number of benzene rings is 1. The molecule has 24 heavy (non-hydrogen) atoms. The first-order valence-corrected chi connectivity index (χ1v) is 8.39. The third kappa shape index (κ3) is 3.43. The molecule has 6 heteroatoms. The van der Waals surface area contributed by atoms with Gasteiger partial charge in [0.15, 0.2) is 5.58 Å². The van der Waals surface area contributed by atoms with Crippen LogP contribution in [0.5, 0.6) is 0 Å². The Morgan fingerprint density at radius 1 is 1.29 bits per heavy atom. The molecule has 0 radical (unpaired) electrons. The lowest BCUT2D eigenvalue weighted by Gasteiger charge is -2.21. The van der Waals surface area contributed by atoms with Gasteiger partial charge in [-0.2, -0.15) is 5.10 Å². The summed E-state index contributed by atoms with van der Waals surface area (Å²) < 4.78 is 8.93. The van der Waals surface area contributed by atoms with Gasteiger partial charge in [0, 0.05) is 18.8 Å². The van der Waals surface area contributed by atoms with Crippen molar-refractivity contribution in [3.05, 3.63) is 52.8 Å². The molecule has 1 N–H and O–H groups in total. The van der Waals surface area contributed by atoms with Gasteiger partial charge in [-0.15, -0.1) is 0 Å². The SMILES string of the molecule is Cc1cnn([C@@H](C)[C@H](C)NCCCn2c(=O)oc3ccccc32)c1. The van der Waals surface area contributed by atoms with Crippen molar-refractivity contribution in [2.45, 2.75) is 45.8 Å². The lowest BCUT2D eigenvalue weighted by Crippen LogP contribution is -2.35. The number of rotatable bonds is 7. The highest BCUT2D eigenvalue weighted by atomic mass is 16.4. The van der Waals surface area contributed by atoms with Crippen LogP contribution in [0.2, 0.25) is 0 Å². The van der Waals surface area contributed by atoms with Crippen LogP contribution in [-0.4, -0.2) is 26.9 Å². The van der Waals surface area contributed by atoms with E-state index >= 15 is 0 Å². The van der Waals surface area contributed by atoms with Crippen LogP contribution in [0.1, 0.15) is 31.9 Å². The summed E-state index contributed by atoms with van der Waals surface area (Å²) in [5.74, 6) is -0.287. The summed E-state index contributed by atoms with van der Waals surface area (Å²) in [6.07, 6.45) is 4.79. The van der Waals surface area contributed by atoms with Crippen LogP contribution in [0, 0.1) is 6.92 Å². The van der Waals surface area contributed by atoms with Crippen LogP contribution >= 0.6 is 0 Å². The molecule has 3 aromatic rings. The second-order valence-electron chi connectivity index (χ2n) is 6.32. The second-order valence-corrected chi connectivity index (χ2v) is 6.32. The largest absolute Gasteiger partial charge is 0.419 e. The van der Waals surface area contributed by atoms with E-state index in [2.05, 4.69) is 30.5 Å². The van der Waals surface area contributed by atoms with E-state index in [4.69, 9.17) is 4.42 Å². The standard InChI is InChI=1S/C18H24N4O2/c1-13-11-20-22(12-13)15(3)14(2)19-9-6-10-21-16-7-4-5-8-17(16)24-18(21)23/h4-5,7-8,11-12,14-15,19H,6,9-10H2,1-3H3/t14-,15-/m0/s1. The Labute approximate surface area is 141 Å². The lowest BCUT2D eigenvalue weighted by atomic mass is 10.1. The summed E-state index contributed by atoms with van der Waals surface area (Å²) in [6.45, 7) is 7.82. The molecule has 0 aliphatic carbocycles. The first-order chi connectivity index (χ1) is 11.6. The topological polar surface area (TPSA) is 65.0 Å². The van der Waals surface area contributed by atoms with E-state index < -0.39 is 0 Å². The predicted octanol–water partition coefficient (Wildman–Crippen LogP) is 2.73. The molecule has 0 fully saturated rings. The maximum absolute atomic E-state index is 11.9. The van der Waals surface area contributed by atoms with E-state index in [0.29, 0.717) is 18.2 Å². The van der Waals surface area contributed by atoms with Crippen LogP contribution < -0.4 is 11.1 Å². The van der Waals surface area contributed by atoms with Gasteiger partial charge in [-0.1, -0.05) is 12.1 Å². The number of aryl methyl sites for hydroxylation is 2. The monoisotopic (exact) mass is 328 g/mol. The summed E-state index contributed by atoms with van der Waals surface area (Å²) >= 11 is 0. The minimum Gasteiger partial charge on any atom is -0.408 e. The molecule has 1 aromatic carbocycles. The van der Waals surface area contributed by atoms with Gasteiger partial charge < -0.3 is 9.73 Å². The average molecular weight is 328 g/mol. The zero-order valence-corrected chi connectivity index (χ0v) is 14.4. The molecule has 0 bridgehead atoms. The molecule has 0 spiro atoms. The number of nitrogens with one attached hydrogen (secondary N) is 1.